The Labute approximate surface area is 341 Å². The predicted molar refractivity (Wildman–Crippen MR) is 230 cm³/mol. The van der Waals surface area contributed by atoms with E-state index in [4.69, 9.17) is 18.9 Å². The van der Waals surface area contributed by atoms with Crippen molar-refractivity contribution in [2.75, 3.05) is 49.4 Å². The van der Waals surface area contributed by atoms with E-state index in [0.717, 1.165) is 75.7 Å². The Kier molecular flexibility index (Phi) is 48.3. The molecular formula is C44H84O8S2. The Morgan fingerprint density at radius 1 is 0.296 bits per heavy atom. The number of hydrogen-bond acceptors (Lipinski definition) is 10. The van der Waals surface area contributed by atoms with Gasteiger partial charge in [0.25, 0.3) is 0 Å². The van der Waals surface area contributed by atoms with Crippen molar-refractivity contribution in [3.63, 3.8) is 0 Å². The lowest BCUT2D eigenvalue weighted by Crippen LogP contribution is -2.09. The van der Waals surface area contributed by atoms with E-state index >= 15 is 0 Å². The molecule has 0 saturated heterocycles. The minimum Gasteiger partial charge on any atom is -0.466 e. The summed E-state index contributed by atoms with van der Waals surface area (Å²) in [6.45, 7) is 11.0. The molecule has 0 aromatic carbocycles. The molecule has 0 heterocycles. The lowest BCUT2D eigenvalue weighted by Gasteiger charge is -2.06. The first-order valence-corrected chi connectivity index (χ1v) is 24.5. The molecule has 0 amide bonds. The summed E-state index contributed by atoms with van der Waals surface area (Å²) in [4.78, 5) is 46.4. The van der Waals surface area contributed by atoms with Crippen molar-refractivity contribution in [3.8, 4) is 0 Å². The summed E-state index contributed by atoms with van der Waals surface area (Å²) in [6, 6.07) is 0. The van der Waals surface area contributed by atoms with E-state index in [1.807, 2.05) is 0 Å². The Bertz CT molecular complexity index is 762. The number of ether oxygens (including phenoxy) is 4. The van der Waals surface area contributed by atoms with Crippen molar-refractivity contribution < 1.29 is 38.1 Å². The van der Waals surface area contributed by atoms with Gasteiger partial charge in [-0.3, -0.25) is 19.2 Å². The molecule has 0 fully saturated rings. The SMILES string of the molecule is CCCCCCCCCOC(=O)CCCSCCCC(=O)OCCCCCCCCC.CCCCCCOC(=O)CCSCCC(=O)OCCCCCC. The van der Waals surface area contributed by atoms with E-state index in [-0.39, 0.29) is 23.9 Å². The summed E-state index contributed by atoms with van der Waals surface area (Å²) in [6.07, 6.45) is 29.8. The molecule has 0 saturated carbocycles. The molecule has 0 radical (unpaired) electrons. The van der Waals surface area contributed by atoms with Gasteiger partial charge in [0.1, 0.15) is 0 Å². The second-order valence-electron chi connectivity index (χ2n) is 14.2. The fraction of sp³-hybridized carbons (Fsp3) is 0.909. The molecule has 0 rings (SSSR count). The van der Waals surface area contributed by atoms with Gasteiger partial charge in [-0.2, -0.15) is 23.5 Å². The highest BCUT2D eigenvalue weighted by Gasteiger charge is 2.07. The number of carbonyl (C=O) groups excluding carboxylic acids is 4. The van der Waals surface area contributed by atoms with E-state index < -0.39 is 0 Å². The highest BCUT2D eigenvalue weighted by atomic mass is 32.2. The van der Waals surface area contributed by atoms with Crippen molar-refractivity contribution in [2.24, 2.45) is 0 Å². The van der Waals surface area contributed by atoms with Gasteiger partial charge in [-0.15, -0.1) is 0 Å². The van der Waals surface area contributed by atoms with E-state index in [9.17, 15) is 19.2 Å². The number of thioether (sulfide) groups is 2. The van der Waals surface area contributed by atoms with Crippen molar-refractivity contribution in [3.05, 3.63) is 0 Å². The maximum Gasteiger partial charge on any atom is 0.306 e. The first-order valence-electron chi connectivity index (χ1n) is 22.2. The quantitative estimate of drug-likeness (QED) is 0.0338. The van der Waals surface area contributed by atoms with Gasteiger partial charge in [0.15, 0.2) is 0 Å². The van der Waals surface area contributed by atoms with Crippen molar-refractivity contribution in [1.29, 1.82) is 0 Å². The Balaban J connectivity index is 0. The predicted octanol–water partition coefficient (Wildman–Crippen LogP) is 12.6. The number of esters is 4. The minimum absolute atomic E-state index is 0.0690. The van der Waals surface area contributed by atoms with Crippen LogP contribution in [0.1, 0.15) is 207 Å². The Morgan fingerprint density at radius 2 is 0.537 bits per heavy atom. The van der Waals surface area contributed by atoms with Gasteiger partial charge in [0.2, 0.25) is 0 Å². The third-order valence-electron chi connectivity index (χ3n) is 8.78. The lowest BCUT2D eigenvalue weighted by atomic mass is 10.1. The van der Waals surface area contributed by atoms with Crippen LogP contribution in [0, 0.1) is 0 Å². The smallest absolute Gasteiger partial charge is 0.306 e. The van der Waals surface area contributed by atoms with Gasteiger partial charge in [0.05, 0.1) is 39.3 Å². The first kappa shape index (κ1) is 54.7. The van der Waals surface area contributed by atoms with E-state index in [2.05, 4.69) is 27.7 Å². The van der Waals surface area contributed by atoms with Crippen molar-refractivity contribution in [1.82, 2.24) is 0 Å². The zero-order valence-corrected chi connectivity index (χ0v) is 37.2. The van der Waals surface area contributed by atoms with Crippen LogP contribution in [-0.4, -0.2) is 73.3 Å². The number of unbranched alkanes of at least 4 members (excludes halogenated alkanes) is 18. The van der Waals surface area contributed by atoms with Crippen LogP contribution in [0.3, 0.4) is 0 Å². The Hall–Kier alpha value is -1.42. The molecule has 54 heavy (non-hydrogen) atoms. The second-order valence-corrected chi connectivity index (χ2v) is 16.6. The molecule has 0 N–H and O–H groups in total. The highest BCUT2D eigenvalue weighted by Crippen LogP contribution is 2.12. The van der Waals surface area contributed by atoms with Crippen LogP contribution >= 0.6 is 23.5 Å². The molecule has 0 aliphatic heterocycles. The Morgan fingerprint density at radius 3 is 0.852 bits per heavy atom. The van der Waals surface area contributed by atoms with E-state index in [0.29, 0.717) is 63.6 Å². The minimum atomic E-state index is -0.132. The number of carbonyl (C=O) groups is 4. The largest absolute Gasteiger partial charge is 0.466 e. The highest BCUT2D eigenvalue weighted by molar-refractivity contribution is 7.99. The standard InChI is InChI=1S/C26H50O4S.C18H34O4S/c1-3-5-7-9-11-13-15-21-29-25(27)19-17-23-31-24-18-20-26(28)30-22-16-14-12-10-8-6-4-2;1-3-5-7-9-13-21-17(19)11-15-23-16-12-18(20)22-14-10-8-6-4-2/h3-24H2,1-2H3;3-16H2,1-2H3. The fourth-order valence-corrected chi connectivity index (χ4v) is 7.09. The zero-order valence-electron chi connectivity index (χ0n) is 35.5. The van der Waals surface area contributed by atoms with Gasteiger partial charge < -0.3 is 18.9 Å². The summed E-state index contributed by atoms with van der Waals surface area (Å²) in [5.41, 5.74) is 0. The summed E-state index contributed by atoms with van der Waals surface area (Å²) in [5.74, 6) is 2.90. The molecular weight excluding hydrogens is 721 g/mol. The van der Waals surface area contributed by atoms with Crippen LogP contribution in [-0.2, 0) is 38.1 Å². The maximum atomic E-state index is 11.7. The third kappa shape index (κ3) is 48.6. The summed E-state index contributed by atoms with van der Waals surface area (Å²) in [5, 5.41) is 0. The van der Waals surface area contributed by atoms with Gasteiger partial charge in [0, 0.05) is 24.3 Å². The van der Waals surface area contributed by atoms with Crippen LogP contribution in [0.4, 0.5) is 0 Å². The van der Waals surface area contributed by atoms with Crippen LogP contribution in [0.25, 0.3) is 0 Å². The molecule has 0 aliphatic carbocycles. The third-order valence-corrected chi connectivity index (χ3v) is 10.9. The molecule has 0 aliphatic rings. The zero-order chi connectivity index (χ0) is 40.0. The summed E-state index contributed by atoms with van der Waals surface area (Å²) in [7, 11) is 0. The van der Waals surface area contributed by atoms with E-state index in [1.54, 1.807) is 23.5 Å². The average Bonchev–Trinajstić information content (AvgIpc) is 3.16. The van der Waals surface area contributed by atoms with Crippen LogP contribution in [0.2, 0.25) is 0 Å². The molecule has 0 aromatic rings. The molecule has 10 heteroatoms. The number of rotatable bonds is 40. The van der Waals surface area contributed by atoms with Crippen molar-refractivity contribution >= 4 is 47.4 Å². The summed E-state index contributed by atoms with van der Waals surface area (Å²) < 4.78 is 20.9. The van der Waals surface area contributed by atoms with Gasteiger partial charge in [-0.25, -0.2) is 0 Å². The molecule has 0 unspecified atom stereocenters. The molecule has 0 atom stereocenters. The molecule has 0 bridgehead atoms. The van der Waals surface area contributed by atoms with Gasteiger partial charge in [-0.1, -0.05) is 143 Å². The molecule has 320 valence electrons. The van der Waals surface area contributed by atoms with Gasteiger partial charge in [-0.05, 0) is 50.0 Å². The lowest BCUT2D eigenvalue weighted by molar-refractivity contribution is -0.144. The first-order chi connectivity index (χ1) is 26.4. The van der Waals surface area contributed by atoms with Crippen molar-refractivity contribution in [2.45, 2.75) is 207 Å². The molecule has 0 aromatic heterocycles. The van der Waals surface area contributed by atoms with Crippen LogP contribution < -0.4 is 0 Å². The van der Waals surface area contributed by atoms with E-state index in [1.165, 1.54) is 89.9 Å². The van der Waals surface area contributed by atoms with Gasteiger partial charge >= 0.3 is 23.9 Å². The molecule has 0 spiro atoms. The van der Waals surface area contributed by atoms with Crippen LogP contribution in [0.5, 0.6) is 0 Å². The average molecular weight is 805 g/mol. The monoisotopic (exact) mass is 805 g/mol. The number of hydrogen-bond donors (Lipinski definition) is 0. The second kappa shape index (κ2) is 47.7. The van der Waals surface area contributed by atoms with Crippen LogP contribution in [0.15, 0.2) is 0 Å². The fourth-order valence-electron chi connectivity index (χ4n) is 5.36. The molecule has 8 nitrogen and oxygen atoms in total. The topological polar surface area (TPSA) is 105 Å². The maximum absolute atomic E-state index is 11.7. The normalized spacial score (nSPS) is 10.7. The summed E-state index contributed by atoms with van der Waals surface area (Å²) >= 11 is 3.41.